The van der Waals surface area contributed by atoms with Crippen LogP contribution in [0.2, 0.25) is 0 Å². The maximum Gasteiger partial charge on any atom is 0.121 e. The Kier molecular flexibility index (Phi) is 3.83. The normalized spacial score (nSPS) is 11.0. The minimum absolute atomic E-state index is 0.573. The quantitative estimate of drug-likeness (QED) is 0.542. The highest BCUT2D eigenvalue weighted by atomic mass is 16.5. The highest BCUT2D eigenvalue weighted by Gasteiger charge is 2.07. The minimum atomic E-state index is 0.573. The summed E-state index contributed by atoms with van der Waals surface area (Å²) in [5, 5.41) is 2.34. The van der Waals surface area contributed by atoms with Crippen LogP contribution >= 0.6 is 0 Å². The van der Waals surface area contributed by atoms with Crippen molar-refractivity contribution in [2.24, 2.45) is 0 Å². The fourth-order valence-electron chi connectivity index (χ4n) is 2.95. The number of H-pyrrole nitrogens is 1. The first kappa shape index (κ1) is 14.6. The van der Waals surface area contributed by atoms with Gasteiger partial charge in [0, 0.05) is 22.4 Å². The van der Waals surface area contributed by atoms with Crippen LogP contribution in [0.3, 0.4) is 0 Å². The zero-order valence-electron chi connectivity index (χ0n) is 13.6. The Morgan fingerprint density at radius 2 is 1.54 bits per heavy atom. The Morgan fingerprint density at radius 3 is 2.38 bits per heavy atom. The largest absolute Gasteiger partial charge is 0.494 e. The van der Waals surface area contributed by atoms with Crippen molar-refractivity contribution in [3.05, 3.63) is 72.3 Å². The van der Waals surface area contributed by atoms with Gasteiger partial charge in [0.05, 0.1) is 12.1 Å². The van der Waals surface area contributed by atoms with Crippen LogP contribution in [0.4, 0.5) is 0 Å². The van der Waals surface area contributed by atoms with Crippen LogP contribution in [-0.2, 0) is 6.61 Å². The summed E-state index contributed by atoms with van der Waals surface area (Å²) in [6, 6.07) is 22.5. The van der Waals surface area contributed by atoms with E-state index >= 15 is 0 Å². The van der Waals surface area contributed by atoms with Gasteiger partial charge in [-0.3, -0.25) is 0 Å². The lowest BCUT2D eigenvalue weighted by atomic mass is 10.1. The number of rotatable bonds is 5. The smallest absolute Gasteiger partial charge is 0.121 e. The van der Waals surface area contributed by atoms with Gasteiger partial charge in [0.1, 0.15) is 18.1 Å². The molecule has 0 aliphatic carbocycles. The van der Waals surface area contributed by atoms with Gasteiger partial charge in [-0.1, -0.05) is 30.3 Å². The Balaban J connectivity index is 1.65. The van der Waals surface area contributed by atoms with E-state index in [1.54, 1.807) is 0 Å². The second kappa shape index (κ2) is 6.28. The zero-order valence-corrected chi connectivity index (χ0v) is 13.6. The van der Waals surface area contributed by atoms with Crippen molar-refractivity contribution in [3.8, 4) is 11.5 Å². The highest BCUT2D eigenvalue weighted by molar-refractivity contribution is 6.08. The van der Waals surface area contributed by atoms with Gasteiger partial charge < -0.3 is 14.5 Å². The molecule has 0 fully saturated rings. The molecule has 1 heterocycles. The number of benzene rings is 3. The average Bonchev–Trinajstić information content (AvgIpc) is 2.98. The lowest BCUT2D eigenvalue weighted by molar-refractivity contribution is 0.306. The standard InChI is InChI=1S/C21H19NO2/c1-2-23-17-8-10-18-19-12-16(9-11-20(19)22-21(18)13-17)24-14-15-6-4-3-5-7-15/h3-13,22H,2,14H2,1H3. The first-order valence-electron chi connectivity index (χ1n) is 8.18. The molecule has 3 aromatic carbocycles. The lowest BCUT2D eigenvalue weighted by Gasteiger charge is -2.06. The van der Waals surface area contributed by atoms with E-state index in [0.29, 0.717) is 13.2 Å². The number of hydrogen-bond donors (Lipinski definition) is 1. The van der Waals surface area contributed by atoms with E-state index in [4.69, 9.17) is 9.47 Å². The van der Waals surface area contributed by atoms with Crippen LogP contribution in [-0.4, -0.2) is 11.6 Å². The van der Waals surface area contributed by atoms with E-state index < -0.39 is 0 Å². The van der Waals surface area contributed by atoms with Crippen LogP contribution in [0.15, 0.2) is 66.7 Å². The summed E-state index contributed by atoms with van der Waals surface area (Å²) < 4.78 is 11.5. The predicted molar refractivity (Wildman–Crippen MR) is 97.7 cm³/mol. The molecule has 0 saturated heterocycles. The fourth-order valence-corrected chi connectivity index (χ4v) is 2.95. The summed E-state index contributed by atoms with van der Waals surface area (Å²) in [5.74, 6) is 1.76. The molecular weight excluding hydrogens is 298 g/mol. The summed E-state index contributed by atoms with van der Waals surface area (Å²) in [6.07, 6.45) is 0. The molecule has 3 nitrogen and oxygen atoms in total. The van der Waals surface area contributed by atoms with Crippen molar-refractivity contribution in [1.82, 2.24) is 4.98 Å². The Morgan fingerprint density at radius 1 is 0.750 bits per heavy atom. The number of fused-ring (bicyclic) bond motifs is 3. The Labute approximate surface area is 140 Å². The minimum Gasteiger partial charge on any atom is -0.494 e. The van der Waals surface area contributed by atoms with Gasteiger partial charge in [0.25, 0.3) is 0 Å². The zero-order chi connectivity index (χ0) is 16.4. The Bertz CT molecular complexity index is 973. The third-order valence-electron chi connectivity index (χ3n) is 4.10. The molecule has 0 radical (unpaired) electrons. The topological polar surface area (TPSA) is 34.2 Å². The van der Waals surface area contributed by atoms with Crippen LogP contribution in [0.25, 0.3) is 21.8 Å². The van der Waals surface area contributed by atoms with Crippen molar-refractivity contribution >= 4 is 21.8 Å². The van der Waals surface area contributed by atoms with Gasteiger partial charge in [0.2, 0.25) is 0 Å². The molecule has 0 unspecified atom stereocenters. The number of aromatic nitrogens is 1. The molecule has 1 aromatic heterocycles. The molecule has 120 valence electrons. The van der Waals surface area contributed by atoms with Crippen LogP contribution < -0.4 is 9.47 Å². The first-order chi connectivity index (χ1) is 11.8. The molecule has 1 N–H and O–H groups in total. The van der Waals surface area contributed by atoms with Gasteiger partial charge in [-0.15, -0.1) is 0 Å². The number of nitrogens with one attached hydrogen (secondary N) is 1. The molecule has 0 aliphatic rings. The van der Waals surface area contributed by atoms with Gasteiger partial charge in [-0.05, 0) is 42.8 Å². The van der Waals surface area contributed by atoms with Gasteiger partial charge in [-0.2, -0.15) is 0 Å². The van der Waals surface area contributed by atoms with Crippen molar-refractivity contribution in [2.45, 2.75) is 13.5 Å². The van der Waals surface area contributed by atoms with E-state index in [-0.39, 0.29) is 0 Å². The van der Waals surface area contributed by atoms with Crippen molar-refractivity contribution in [3.63, 3.8) is 0 Å². The maximum atomic E-state index is 5.94. The molecule has 0 bridgehead atoms. The monoisotopic (exact) mass is 317 g/mol. The van der Waals surface area contributed by atoms with E-state index in [1.807, 2.05) is 43.3 Å². The molecule has 0 atom stereocenters. The molecule has 4 rings (SSSR count). The van der Waals surface area contributed by atoms with Crippen LogP contribution in [0, 0.1) is 0 Å². The second-order valence-corrected chi connectivity index (χ2v) is 5.75. The molecular formula is C21H19NO2. The molecule has 24 heavy (non-hydrogen) atoms. The third-order valence-corrected chi connectivity index (χ3v) is 4.10. The third kappa shape index (κ3) is 2.81. The molecule has 0 amide bonds. The van der Waals surface area contributed by atoms with Crippen LogP contribution in [0.5, 0.6) is 11.5 Å². The van der Waals surface area contributed by atoms with Crippen molar-refractivity contribution in [2.75, 3.05) is 6.61 Å². The summed E-state index contributed by atoms with van der Waals surface area (Å²) in [4.78, 5) is 3.44. The van der Waals surface area contributed by atoms with E-state index in [2.05, 4.69) is 35.3 Å². The highest BCUT2D eigenvalue weighted by Crippen LogP contribution is 2.31. The molecule has 0 spiro atoms. The Hall–Kier alpha value is -2.94. The number of aromatic amines is 1. The van der Waals surface area contributed by atoms with E-state index in [9.17, 15) is 0 Å². The van der Waals surface area contributed by atoms with E-state index in [1.165, 1.54) is 10.8 Å². The lowest BCUT2D eigenvalue weighted by Crippen LogP contribution is -1.94. The van der Waals surface area contributed by atoms with Gasteiger partial charge in [0.15, 0.2) is 0 Å². The first-order valence-corrected chi connectivity index (χ1v) is 8.18. The molecule has 4 aromatic rings. The fraction of sp³-hybridized carbons (Fsp3) is 0.143. The summed E-state index contributed by atoms with van der Waals surface area (Å²) in [7, 11) is 0. The predicted octanol–water partition coefficient (Wildman–Crippen LogP) is 5.30. The van der Waals surface area contributed by atoms with Crippen molar-refractivity contribution < 1.29 is 9.47 Å². The summed E-state index contributed by atoms with van der Waals surface area (Å²) in [5.41, 5.74) is 3.35. The summed E-state index contributed by atoms with van der Waals surface area (Å²) >= 11 is 0. The van der Waals surface area contributed by atoms with Crippen LogP contribution in [0.1, 0.15) is 12.5 Å². The van der Waals surface area contributed by atoms with Gasteiger partial charge >= 0.3 is 0 Å². The summed E-state index contributed by atoms with van der Waals surface area (Å²) in [6.45, 7) is 3.23. The van der Waals surface area contributed by atoms with Crippen molar-refractivity contribution in [1.29, 1.82) is 0 Å². The van der Waals surface area contributed by atoms with E-state index in [0.717, 1.165) is 28.1 Å². The second-order valence-electron chi connectivity index (χ2n) is 5.75. The van der Waals surface area contributed by atoms with Gasteiger partial charge in [-0.25, -0.2) is 0 Å². The number of ether oxygens (including phenoxy) is 2. The average molecular weight is 317 g/mol. The maximum absolute atomic E-state index is 5.94. The molecule has 3 heteroatoms. The SMILES string of the molecule is CCOc1ccc2c(c1)[nH]c1ccc(OCc3ccccc3)cc12. The molecule has 0 saturated carbocycles. The number of hydrogen-bond acceptors (Lipinski definition) is 2. The molecule has 0 aliphatic heterocycles.